The number of hydrogen-bond acceptors (Lipinski definition) is 4. The van der Waals surface area contributed by atoms with Gasteiger partial charge in [-0.3, -0.25) is 9.48 Å². The Morgan fingerprint density at radius 1 is 1.32 bits per heavy atom. The van der Waals surface area contributed by atoms with Gasteiger partial charge in [0.25, 0.3) is 5.91 Å². The molecule has 1 heterocycles. The SMILES string of the molecule is CCOC(=O)c1cc(C(=O)Nc2c(Cl)cccc2Cl)nn1C. The number of amides is 1. The maximum atomic E-state index is 12.2. The summed E-state index contributed by atoms with van der Waals surface area (Å²) >= 11 is 12.0. The van der Waals surface area contributed by atoms with E-state index in [1.807, 2.05) is 0 Å². The van der Waals surface area contributed by atoms with Crippen molar-refractivity contribution in [1.29, 1.82) is 0 Å². The molecule has 22 heavy (non-hydrogen) atoms. The first kappa shape index (κ1) is 16.3. The molecule has 0 spiro atoms. The van der Waals surface area contributed by atoms with Crippen LogP contribution < -0.4 is 5.32 Å². The van der Waals surface area contributed by atoms with Gasteiger partial charge in [-0.05, 0) is 19.1 Å². The molecule has 0 aliphatic rings. The van der Waals surface area contributed by atoms with Crippen molar-refractivity contribution in [3.8, 4) is 0 Å². The van der Waals surface area contributed by atoms with Gasteiger partial charge in [-0.1, -0.05) is 29.3 Å². The number of carbonyl (C=O) groups excluding carboxylic acids is 2. The number of carbonyl (C=O) groups is 2. The highest BCUT2D eigenvalue weighted by Gasteiger charge is 2.19. The first-order chi connectivity index (χ1) is 10.4. The topological polar surface area (TPSA) is 73.2 Å². The van der Waals surface area contributed by atoms with Gasteiger partial charge in [0.15, 0.2) is 5.69 Å². The van der Waals surface area contributed by atoms with Crippen LogP contribution in [0.25, 0.3) is 0 Å². The smallest absolute Gasteiger partial charge is 0.356 e. The fourth-order valence-corrected chi connectivity index (χ4v) is 2.26. The first-order valence-electron chi connectivity index (χ1n) is 6.40. The normalized spacial score (nSPS) is 10.4. The highest BCUT2D eigenvalue weighted by atomic mass is 35.5. The third kappa shape index (κ3) is 3.40. The second-order valence-corrected chi connectivity index (χ2v) is 5.12. The van der Waals surface area contributed by atoms with Crippen LogP contribution in [0, 0.1) is 0 Å². The van der Waals surface area contributed by atoms with E-state index in [4.69, 9.17) is 27.9 Å². The zero-order valence-electron chi connectivity index (χ0n) is 11.9. The maximum absolute atomic E-state index is 12.2. The molecule has 2 aromatic rings. The number of aryl methyl sites for hydroxylation is 1. The molecule has 0 saturated carbocycles. The summed E-state index contributed by atoms with van der Waals surface area (Å²) in [6, 6.07) is 6.22. The van der Waals surface area contributed by atoms with Gasteiger partial charge >= 0.3 is 5.97 Å². The predicted molar refractivity (Wildman–Crippen MR) is 83.6 cm³/mol. The summed E-state index contributed by atoms with van der Waals surface area (Å²) in [5, 5.41) is 7.18. The molecule has 1 aromatic carbocycles. The fraction of sp³-hybridized carbons (Fsp3) is 0.214. The minimum atomic E-state index is -0.549. The predicted octanol–water partition coefficient (Wildman–Crippen LogP) is 3.16. The molecule has 0 saturated heterocycles. The molecular weight excluding hydrogens is 329 g/mol. The van der Waals surface area contributed by atoms with Gasteiger partial charge in [0.2, 0.25) is 0 Å². The van der Waals surface area contributed by atoms with Crippen LogP contribution in [0.2, 0.25) is 10.0 Å². The standard InChI is InChI=1S/C14H13Cl2N3O3/c1-3-22-14(21)11-7-10(18-19(11)2)13(20)17-12-8(15)5-4-6-9(12)16/h4-7H,3H2,1-2H3,(H,17,20). The van der Waals surface area contributed by atoms with E-state index in [9.17, 15) is 9.59 Å². The number of anilines is 1. The van der Waals surface area contributed by atoms with Gasteiger partial charge in [-0.15, -0.1) is 0 Å². The van der Waals surface area contributed by atoms with Gasteiger partial charge in [0.05, 0.1) is 22.3 Å². The molecule has 1 aromatic heterocycles. The average molecular weight is 342 g/mol. The second-order valence-electron chi connectivity index (χ2n) is 4.31. The number of rotatable bonds is 4. The lowest BCUT2D eigenvalue weighted by Crippen LogP contribution is -2.13. The zero-order chi connectivity index (χ0) is 16.3. The van der Waals surface area contributed by atoms with E-state index < -0.39 is 11.9 Å². The van der Waals surface area contributed by atoms with Crippen LogP contribution in [-0.2, 0) is 11.8 Å². The van der Waals surface area contributed by atoms with Crippen molar-refractivity contribution in [2.24, 2.45) is 7.05 Å². The maximum Gasteiger partial charge on any atom is 0.356 e. The van der Waals surface area contributed by atoms with Gasteiger partial charge < -0.3 is 10.1 Å². The first-order valence-corrected chi connectivity index (χ1v) is 7.16. The lowest BCUT2D eigenvalue weighted by Gasteiger charge is -2.07. The van der Waals surface area contributed by atoms with Gasteiger partial charge in [0, 0.05) is 13.1 Å². The molecule has 1 N–H and O–H groups in total. The number of para-hydroxylation sites is 1. The molecule has 2 rings (SSSR count). The lowest BCUT2D eigenvalue weighted by molar-refractivity contribution is 0.0513. The Hall–Kier alpha value is -2.05. The van der Waals surface area contributed by atoms with Crippen molar-refractivity contribution in [1.82, 2.24) is 9.78 Å². The Balaban J connectivity index is 2.24. The number of halogens is 2. The van der Waals surface area contributed by atoms with E-state index in [0.29, 0.717) is 15.7 Å². The number of hydrogen-bond donors (Lipinski definition) is 1. The van der Waals surface area contributed by atoms with E-state index in [2.05, 4.69) is 10.4 Å². The van der Waals surface area contributed by atoms with Crippen LogP contribution in [0.1, 0.15) is 27.9 Å². The van der Waals surface area contributed by atoms with Crippen molar-refractivity contribution in [3.63, 3.8) is 0 Å². The van der Waals surface area contributed by atoms with E-state index in [1.54, 1.807) is 32.2 Å². The molecule has 1 amide bonds. The van der Waals surface area contributed by atoms with Crippen LogP contribution in [0.3, 0.4) is 0 Å². The molecule has 0 bridgehead atoms. The number of nitrogens with one attached hydrogen (secondary N) is 1. The highest BCUT2D eigenvalue weighted by Crippen LogP contribution is 2.30. The third-order valence-electron chi connectivity index (χ3n) is 2.80. The van der Waals surface area contributed by atoms with E-state index in [-0.39, 0.29) is 18.0 Å². The Morgan fingerprint density at radius 3 is 2.55 bits per heavy atom. The van der Waals surface area contributed by atoms with E-state index in [0.717, 1.165) is 0 Å². The molecule has 0 atom stereocenters. The zero-order valence-corrected chi connectivity index (χ0v) is 13.4. The van der Waals surface area contributed by atoms with Crippen LogP contribution in [0.5, 0.6) is 0 Å². The Bertz CT molecular complexity index is 708. The number of aromatic nitrogens is 2. The third-order valence-corrected chi connectivity index (χ3v) is 3.43. The molecule has 116 valence electrons. The van der Waals surface area contributed by atoms with Crippen LogP contribution >= 0.6 is 23.2 Å². The van der Waals surface area contributed by atoms with Crippen LogP contribution in [-0.4, -0.2) is 28.3 Å². The van der Waals surface area contributed by atoms with Gasteiger partial charge in [-0.2, -0.15) is 5.10 Å². The second kappa shape index (κ2) is 6.81. The van der Waals surface area contributed by atoms with Crippen molar-refractivity contribution in [2.75, 3.05) is 11.9 Å². The lowest BCUT2D eigenvalue weighted by atomic mass is 10.3. The van der Waals surface area contributed by atoms with E-state index in [1.165, 1.54) is 10.7 Å². The molecule has 6 nitrogen and oxygen atoms in total. The Kier molecular flexibility index (Phi) is 5.05. The minimum Gasteiger partial charge on any atom is -0.461 e. The Morgan fingerprint density at radius 2 is 1.95 bits per heavy atom. The van der Waals surface area contributed by atoms with Crippen molar-refractivity contribution >= 4 is 40.8 Å². The summed E-state index contributed by atoms with van der Waals surface area (Å²) in [6.07, 6.45) is 0. The quantitative estimate of drug-likeness (QED) is 0.867. The van der Waals surface area contributed by atoms with E-state index >= 15 is 0 Å². The molecule has 0 fully saturated rings. The fourth-order valence-electron chi connectivity index (χ4n) is 1.77. The van der Waals surface area contributed by atoms with Crippen molar-refractivity contribution in [3.05, 3.63) is 45.7 Å². The molecule has 0 radical (unpaired) electrons. The largest absolute Gasteiger partial charge is 0.461 e. The summed E-state index contributed by atoms with van der Waals surface area (Å²) in [4.78, 5) is 23.9. The van der Waals surface area contributed by atoms with Gasteiger partial charge in [-0.25, -0.2) is 4.79 Å². The average Bonchev–Trinajstić information content (AvgIpc) is 2.85. The van der Waals surface area contributed by atoms with Crippen molar-refractivity contribution < 1.29 is 14.3 Å². The number of esters is 1. The number of nitrogens with zero attached hydrogens (tertiary/aromatic N) is 2. The summed E-state index contributed by atoms with van der Waals surface area (Å²) in [6.45, 7) is 1.93. The van der Waals surface area contributed by atoms with Crippen LogP contribution in [0.4, 0.5) is 5.69 Å². The molecule has 8 heteroatoms. The number of benzene rings is 1. The molecule has 0 aliphatic carbocycles. The Labute approximate surface area is 137 Å². The summed E-state index contributed by atoms with van der Waals surface area (Å²) in [5.41, 5.74) is 0.526. The monoisotopic (exact) mass is 341 g/mol. The highest BCUT2D eigenvalue weighted by molar-refractivity contribution is 6.40. The van der Waals surface area contributed by atoms with Crippen LogP contribution in [0.15, 0.2) is 24.3 Å². The summed E-state index contributed by atoms with van der Waals surface area (Å²) < 4.78 is 6.16. The van der Waals surface area contributed by atoms with Gasteiger partial charge in [0.1, 0.15) is 5.69 Å². The molecule has 0 unspecified atom stereocenters. The summed E-state index contributed by atoms with van der Waals surface area (Å²) in [5.74, 6) is -1.08. The molecule has 0 aliphatic heterocycles. The number of ether oxygens (including phenoxy) is 1. The van der Waals surface area contributed by atoms with Crippen molar-refractivity contribution in [2.45, 2.75) is 6.92 Å². The minimum absolute atomic E-state index is 0.0570. The summed E-state index contributed by atoms with van der Waals surface area (Å²) in [7, 11) is 1.55. The molecular formula is C14H13Cl2N3O3.